The van der Waals surface area contributed by atoms with Crippen molar-refractivity contribution < 1.29 is 0 Å². The maximum atomic E-state index is 2.48. The van der Waals surface area contributed by atoms with E-state index in [1.165, 1.54) is 66.4 Å². The molecule has 0 radical (unpaired) electrons. The zero-order valence-electron chi connectivity index (χ0n) is 34.1. The first-order chi connectivity index (χ1) is 30.8. The molecule has 2 nitrogen and oxygen atoms in total. The zero-order valence-corrected chi connectivity index (χ0v) is 34.1. The molecule has 0 spiro atoms. The molecule has 0 N–H and O–H groups in total. The second kappa shape index (κ2) is 16.1. The van der Waals surface area contributed by atoms with E-state index in [0.29, 0.717) is 0 Å². The van der Waals surface area contributed by atoms with Crippen LogP contribution in [0, 0.1) is 0 Å². The minimum absolute atomic E-state index is 1.07. The van der Waals surface area contributed by atoms with Crippen molar-refractivity contribution in [2.75, 3.05) is 4.90 Å². The fourth-order valence-corrected chi connectivity index (χ4v) is 9.28. The van der Waals surface area contributed by atoms with Crippen LogP contribution in [0.2, 0.25) is 0 Å². The average Bonchev–Trinajstić information content (AvgIpc) is 3.70. The number of nitrogens with zero attached hydrogens (tertiary/aromatic N) is 2. The Kier molecular flexibility index (Phi) is 9.57. The Balaban J connectivity index is 1.15. The van der Waals surface area contributed by atoms with Crippen molar-refractivity contribution >= 4 is 38.9 Å². The number of fused-ring (bicyclic) bond motifs is 3. The summed E-state index contributed by atoms with van der Waals surface area (Å²) in [5, 5.41) is 2.40. The molecule has 0 amide bonds. The van der Waals surface area contributed by atoms with Gasteiger partial charge in [0.15, 0.2) is 0 Å². The average molecular weight is 791 g/mol. The number of rotatable bonds is 9. The van der Waals surface area contributed by atoms with Crippen LogP contribution in [0.25, 0.3) is 83.1 Å². The van der Waals surface area contributed by atoms with E-state index >= 15 is 0 Å². The zero-order chi connectivity index (χ0) is 41.2. The van der Waals surface area contributed by atoms with Gasteiger partial charge >= 0.3 is 0 Å². The second-order valence-electron chi connectivity index (χ2n) is 15.6. The molecule has 62 heavy (non-hydrogen) atoms. The van der Waals surface area contributed by atoms with E-state index in [1.54, 1.807) is 0 Å². The number of hydrogen-bond acceptors (Lipinski definition) is 1. The standard InChI is InChI=1S/C60H42N2/c1-4-21-43(22-5-1)48-27-10-11-28-49(48)45-39-41-47(42-40-45)62(59-38-20-37-58-60(59)55-34-17-19-36-57(55)61(58)46-25-8-3-9-26-46)56-35-18-16-33-54(56)53-32-15-14-31-52(53)51-30-13-12-29-50(51)44-23-6-2-7-24-44/h1-42H. The van der Waals surface area contributed by atoms with Crippen molar-refractivity contribution in [1.82, 2.24) is 4.57 Å². The molecule has 0 saturated heterocycles. The summed E-state index contributed by atoms with van der Waals surface area (Å²) in [5.74, 6) is 0. The Morgan fingerprint density at radius 1 is 0.258 bits per heavy atom. The Morgan fingerprint density at radius 2 is 0.661 bits per heavy atom. The molecule has 0 aliphatic rings. The highest BCUT2D eigenvalue weighted by Crippen LogP contribution is 2.49. The molecule has 0 bridgehead atoms. The number of anilines is 3. The number of aromatic nitrogens is 1. The van der Waals surface area contributed by atoms with Crippen molar-refractivity contribution in [3.8, 4) is 61.3 Å². The third kappa shape index (κ3) is 6.56. The van der Waals surface area contributed by atoms with Gasteiger partial charge in [-0.25, -0.2) is 0 Å². The van der Waals surface area contributed by atoms with Gasteiger partial charge in [-0.3, -0.25) is 0 Å². The lowest BCUT2D eigenvalue weighted by atomic mass is 9.88. The van der Waals surface area contributed by atoms with Gasteiger partial charge in [-0.05, 0) is 98.6 Å². The molecule has 0 atom stereocenters. The van der Waals surface area contributed by atoms with Gasteiger partial charge in [0.05, 0.1) is 22.4 Å². The molecular weight excluding hydrogens is 749 g/mol. The lowest BCUT2D eigenvalue weighted by Crippen LogP contribution is -2.12. The first-order valence-electron chi connectivity index (χ1n) is 21.3. The smallest absolute Gasteiger partial charge is 0.0562 e. The Bertz CT molecular complexity index is 3330. The van der Waals surface area contributed by atoms with Gasteiger partial charge in [0.1, 0.15) is 0 Å². The highest BCUT2D eigenvalue weighted by molar-refractivity contribution is 6.17. The van der Waals surface area contributed by atoms with Crippen molar-refractivity contribution in [2.45, 2.75) is 0 Å². The summed E-state index contributed by atoms with van der Waals surface area (Å²) in [6, 6.07) is 92.1. The van der Waals surface area contributed by atoms with Crippen molar-refractivity contribution in [2.24, 2.45) is 0 Å². The lowest BCUT2D eigenvalue weighted by molar-refractivity contribution is 1.18. The fourth-order valence-electron chi connectivity index (χ4n) is 9.28. The molecule has 292 valence electrons. The van der Waals surface area contributed by atoms with Gasteiger partial charge in [-0.2, -0.15) is 0 Å². The first-order valence-corrected chi connectivity index (χ1v) is 21.3. The van der Waals surface area contributed by atoms with Gasteiger partial charge in [0.25, 0.3) is 0 Å². The van der Waals surface area contributed by atoms with Crippen LogP contribution in [0.15, 0.2) is 255 Å². The normalized spacial score (nSPS) is 11.2. The van der Waals surface area contributed by atoms with Crippen molar-refractivity contribution in [1.29, 1.82) is 0 Å². The third-order valence-corrected chi connectivity index (χ3v) is 12.0. The highest BCUT2D eigenvalue weighted by Gasteiger charge is 2.24. The summed E-state index contributed by atoms with van der Waals surface area (Å²) >= 11 is 0. The van der Waals surface area contributed by atoms with Crippen LogP contribution in [0.4, 0.5) is 17.1 Å². The summed E-state index contributed by atoms with van der Waals surface area (Å²) in [4.78, 5) is 2.48. The maximum absolute atomic E-state index is 2.48. The van der Waals surface area contributed by atoms with Crippen LogP contribution in [-0.2, 0) is 0 Å². The number of para-hydroxylation sites is 3. The second-order valence-corrected chi connectivity index (χ2v) is 15.6. The summed E-state index contributed by atoms with van der Waals surface area (Å²) in [5.41, 5.74) is 18.6. The molecule has 11 aromatic rings. The molecule has 1 heterocycles. The lowest BCUT2D eigenvalue weighted by Gasteiger charge is -2.29. The van der Waals surface area contributed by atoms with E-state index in [2.05, 4.69) is 264 Å². The number of benzene rings is 10. The van der Waals surface area contributed by atoms with E-state index in [1.807, 2.05) is 0 Å². The molecular formula is C60H42N2. The maximum Gasteiger partial charge on any atom is 0.0562 e. The van der Waals surface area contributed by atoms with Crippen LogP contribution in [-0.4, -0.2) is 4.57 Å². The SMILES string of the molecule is c1ccc(-c2ccccc2-c2ccc(N(c3ccccc3-c3ccccc3-c3ccccc3-c3ccccc3)c3cccc4c3c3ccccc3n4-c3ccccc3)cc2)cc1. The minimum Gasteiger partial charge on any atom is -0.309 e. The molecule has 0 unspecified atom stereocenters. The van der Waals surface area contributed by atoms with E-state index in [0.717, 1.165) is 33.8 Å². The van der Waals surface area contributed by atoms with Gasteiger partial charge in [-0.15, -0.1) is 0 Å². The van der Waals surface area contributed by atoms with E-state index in [-0.39, 0.29) is 0 Å². The van der Waals surface area contributed by atoms with Crippen molar-refractivity contribution in [3.63, 3.8) is 0 Å². The van der Waals surface area contributed by atoms with E-state index < -0.39 is 0 Å². The topological polar surface area (TPSA) is 8.17 Å². The Labute approximate surface area is 362 Å². The van der Waals surface area contributed by atoms with E-state index in [9.17, 15) is 0 Å². The van der Waals surface area contributed by atoms with Gasteiger partial charge < -0.3 is 9.47 Å². The molecule has 11 rings (SSSR count). The van der Waals surface area contributed by atoms with Gasteiger partial charge in [0, 0.05) is 27.7 Å². The van der Waals surface area contributed by atoms with Crippen LogP contribution in [0.3, 0.4) is 0 Å². The summed E-state index contributed by atoms with van der Waals surface area (Å²) in [6.07, 6.45) is 0. The number of hydrogen-bond donors (Lipinski definition) is 0. The van der Waals surface area contributed by atoms with Crippen LogP contribution < -0.4 is 4.90 Å². The monoisotopic (exact) mass is 790 g/mol. The van der Waals surface area contributed by atoms with Crippen LogP contribution in [0.1, 0.15) is 0 Å². The molecule has 10 aromatic carbocycles. The fraction of sp³-hybridized carbons (Fsp3) is 0. The van der Waals surface area contributed by atoms with Crippen LogP contribution in [0.5, 0.6) is 0 Å². The molecule has 0 fully saturated rings. The molecule has 0 aliphatic heterocycles. The molecule has 2 heteroatoms. The summed E-state index contributed by atoms with van der Waals surface area (Å²) in [7, 11) is 0. The van der Waals surface area contributed by atoms with Crippen molar-refractivity contribution in [3.05, 3.63) is 255 Å². The predicted molar refractivity (Wildman–Crippen MR) is 263 cm³/mol. The summed E-state index contributed by atoms with van der Waals surface area (Å²) in [6.45, 7) is 0. The molecule has 0 aliphatic carbocycles. The molecule has 1 aromatic heterocycles. The predicted octanol–water partition coefficient (Wildman–Crippen LogP) is 16.6. The quantitative estimate of drug-likeness (QED) is 0.141. The Hall–Kier alpha value is -8.20. The molecule has 0 saturated carbocycles. The van der Waals surface area contributed by atoms with Crippen LogP contribution >= 0.6 is 0 Å². The third-order valence-electron chi connectivity index (χ3n) is 12.0. The Morgan fingerprint density at radius 3 is 1.27 bits per heavy atom. The van der Waals surface area contributed by atoms with E-state index in [4.69, 9.17) is 0 Å². The van der Waals surface area contributed by atoms with Gasteiger partial charge in [0.2, 0.25) is 0 Å². The summed E-state index contributed by atoms with van der Waals surface area (Å²) < 4.78 is 2.40. The largest absolute Gasteiger partial charge is 0.309 e. The minimum atomic E-state index is 1.07. The first kappa shape index (κ1) is 36.8. The van der Waals surface area contributed by atoms with Gasteiger partial charge in [-0.1, -0.05) is 206 Å². The highest BCUT2D eigenvalue weighted by atomic mass is 15.2.